The van der Waals surface area contributed by atoms with E-state index in [2.05, 4.69) is 0 Å². The molecular formula is C14H12F2O. The first-order chi connectivity index (χ1) is 8.16. The van der Waals surface area contributed by atoms with Gasteiger partial charge in [0.1, 0.15) is 24.0 Å². The molecule has 0 aliphatic rings. The van der Waals surface area contributed by atoms with Gasteiger partial charge in [-0.1, -0.05) is 18.2 Å². The van der Waals surface area contributed by atoms with E-state index in [-0.39, 0.29) is 18.2 Å². The summed E-state index contributed by atoms with van der Waals surface area (Å²) in [6.45, 7) is 1.89. The van der Waals surface area contributed by atoms with Crippen LogP contribution in [0.15, 0.2) is 42.5 Å². The van der Waals surface area contributed by atoms with Gasteiger partial charge in [0.15, 0.2) is 0 Å². The second-order valence-corrected chi connectivity index (χ2v) is 3.79. The molecule has 0 aliphatic carbocycles. The average Bonchev–Trinajstić information content (AvgIpc) is 2.30. The summed E-state index contributed by atoms with van der Waals surface area (Å²) >= 11 is 0. The Labute approximate surface area is 98.7 Å². The Morgan fingerprint density at radius 1 is 1.06 bits per heavy atom. The highest BCUT2D eigenvalue weighted by Gasteiger charge is 2.04. The van der Waals surface area contributed by atoms with Crippen LogP contribution in [0, 0.1) is 18.6 Å². The van der Waals surface area contributed by atoms with Gasteiger partial charge in [0.05, 0.1) is 0 Å². The summed E-state index contributed by atoms with van der Waals surface area (Å²) in [5.74, 6) is -0.0392. The van der Waals surface area contributed by atoms with Gasteiger partial charge in [0.25, 0.3) is 0 Å². The quantitative estimate of drug-likeness (QED) is 0.783. The zero-order valence-corrected chi connectivity index (χ0v) is 9.41. The van der Waals surface area contributed by atoms with Gasteiger partial charge in [0.2, 0.25) is 0 Å². The summed E-state index contributed by atoms with van der Waals surface area (Å²) in [4.78, 5) is 0. The van der Waals surface area contributed by atoms with Crippen LogP contribution in [-0.2, 0) is 6.61 Å². The second-order valence-electron chi connectivity index (χ2n) is 3.79. The minimum absolute atomic E-state index is 0.138. The third-order valence-corrected chi connectivity index (χ3v) is 2.48. The van der Waals surface area contributed by atoms with Crippen LogP contribution in [-0.4, -0.2) is 0 Å². The standard InChI is InChI=1S/C14H12F2O/c1-10-8-12(15)6-7-14(10)17-9-11-4-2-3-5-13(11)16/h2-8H,9H2,1H3. The number of hydrogen-bond donors (Lipinski definition) is 0. The fourth-order valence-electron chi connectivity index (χ4n) is 1.55. The molecule has 0 atom stereocenters. The van der Waals surface area contributed by atoms with E-state index in [1.54, 1.807) is 31.2 Å². The van der Waals surface area contributed by atoms with E-state index in [0.717, 1.165) is 0 Å². The molecule has 0 saturated carbocycles. The maximum absolute atomic E-state index is 13.3. The highest BCUT2D eigenvalue weighted by Crippen LogP contribution is 2.20. The lowest BCUT2D eigenvalue weighted by Crippen LogP contribution is -1.99. The van der Waals surface area contributed by atoms with E-state index in [1.807, 2.05) is 0 Å². The Kier molecular flexibility index (Phi) is 3.38. The Hall–Kier alpha value is -1.90. The lowest BCUT2D eigenvalue weighted by atomic mass is 10.2. The van der Waals surface area contributed by atoms with E-state index < -0.39 is 0 Å². The largest absolute Gasteiger partial charge is 0.489 e. The van der Waals surface area contributed by atoms with Crippen molar-refractivity contribution in [2.45, 2.75) is 13.5 Å². The molecule has 0 bridgehead atoms. The lowest BCUT2D eigenvalue weighted by Gasteiger charge is -2.09. The molecule has 0 amide bonds. The highest BCUT2D eigenvalue weighted by atomic mass is 19.1. The highest BCUT2D eigenvalue weighted by molar-refractivity contribution is 5.33. The fraction of sp³-hybridized carbons (Fsp3) is 0.143. The van der Waals surface area contributed by atoms with Crippen LogP contribution in [0.1, 0.15) is 11.1 Å². The molecule has 0 spiro atoms. The Morgan fingerprint density at radius 3 is 2.53 bits per heavy atom. The van der Waals surface area contributed by atoms with Crippen LogP contribution in [0.4, 0.5) is 8.78 Å². The predicted octanol–water partition coefficient (Wildman–Crippen LogP) is 3.85. The van der Waals surface area contributed by atoms with E-state index in [0.29, 0.717) is 16.9 Å². The van der Waals surface area contributed by atoms with Crippen LogP contribution in [0.3, 0.4) is 0 Å². The van der Waals surface area contributed by atoms with Crippen LogP contribution in [0.5, 0.6) is 5.75 Å². The van der Waals surface area contributed by atoms with Crippen molar-refractivity contribution in [3.63, 3.8) is 0 Å². The first-order valence-corrected chi connectivity index (χ1v) is 5.29. The third-order valence-electron chi connectivity index (χ3n) is 2.48. The van der Waals surface area contributed by atoms with Crippen molar-refractivity contribution in [2.24, 2.45) is 0 Å². The van der Waals surface area contributed by atoms with E-state index in [1.165, 1.54) is 18.2 Å². The SMILES string of the molecule is Cc1cc(F)ccc1OCc1ccccc1F. The Morgan fingerprint density at radius 2 is 1.82 bits per heavy atom. The Balaban J connectivity index is 2.10. The maximum Gasteiger partial charge on any atom is 0.129 e. The van der Waals surface area contributed by atoms with Crippen molar-refractivity contribution in [1.82, 2.24) is 0 Å². The summed E-state index contributed by atoms with van der Waals surface area (Å²) in [5.41, 5.74) is 1.18. The molecule has 0 aromatic heterocycles. The van der Waals surface area contributed by atoms with Gasteiger partial charge < -0.3 is 4.74 Å². The first kappa shape index (κ1) is 11.6. The van der Waals surface area contributed by atoms with Crippen LogP contribution >= 0.6 is 0 Å². The summed E-state index contributed by atoms with van der Waals surface area (Å²) in [6, 6.07) is 10.7. The summed E-state index contributed by atoms with van der Waals surface area (Å²) in [7, 11) is 0. The third kappa shape index (κ3) is 2.81. The minimum atomic E-state index is -0.305. The minimum Gasteiger partial charge on any atom is -0.489 e. The normalized spacial score (nSPS) is 10.3. The van der Waals surface area contributed by atoms with Gasteiger partial charge >= 0.3 is 0 Å². The molecule has 2 aromatic rings. The molecule has 0 N–H and O–H groups in total. The molecule has 0 heterocycles. The zero-order chi connectivity index (χ0) is 12.3. The summed E-state index contributed by atoms with van der Waals surface area (Å²) in [6.07, 6.45) is 0. The van der Waals surface area contributed by atoms with Gasteiger partial charge in [-0.2, -0.15) is 0 Å². The van der Waals surface area contributed by atoms with Gasteiger partial charge in [-0.3, -0.25) is 0 Å². The number of hydrogen-bond acceptors (Lipinski definition) is 1. The van der Waals surface area contributed by atoms with Gasteiger partial charge in [-0.15, -0.1) is 0 Å². The topological polar surface area (TPSA) is 9.23 Å². The molecule has 0 fully saturated rings. The molecule has 0 saturated heterocycles. The van der Waals surface area contributed by atoms with E-state index >= 15 is 0 Å². The van der Waals surface area contributed by atoms with Gasteiger partial charge in [-0.25, -0.2) is 8.78 Å². The number of ether oxygens (including phenoxy) is 1. The maximum atomic E-state index is 13.3. The molecule has 0 radical (unpaired) electrons. The lowest BCUT2D eigenvalue weighted by molar-refractivity contribution is 0.297. The van der Waals surface area contributed by atoms with Gasteiger partial charge in [-0.05, 0) is 36.8 Å². The molecule has 0 unspecified atom stereocenters. The Bertz CT molecular complexity index is 523. The second kappa shape index (κ2) is 4.95. The van der Waals surface area contributed by atoms with Crippen LogP contribution in [0.2, 0.25) is 0 Å². The fourth-order valence-corrected chi connectivity index (χ4v) is 1.55. The molecule has 1 nitrogen and oxygen atoms in total. The first-order valence-electron chi connectivity index (χ1n) is 5.29. The molecular weight excluding hydrogens is 222 g/mol. The predicted molar refractivity (Wildman–Crippen MR) is 61.9 cm³/mol. The van der Waals surface area contributed by atoms with Crippen molar-refractivity contribution in [2.75, 3.05) is 0 Å². The van der Waals surface area contributed by atoms with Crippen LogP contribution in [0.25, 0.3) is 0 Å². The van der Waals surface area contributed by atoms with E-state index in [9.17, 15) is 8.78 Å². The molecule has 3 heteroatoms. The van der Waals surface area contributed by atoms with Crippen molar-refractivity contribution in [1.29, 1.82) is 0 Å². The molecule has 17 heavy (non-hydrogen) atoms. The van der Waals surface area contributed by atoms with E-state index in [4.69, 9.17) is 4.74 Å². The molecule has 2 rings (SSSR count). The number of rotatable bonds is 3. The van der Waals surface area contributed by atoms with Crippen molar-refractivity contribution >= 4 is 0 Å². The molecule has 88 valence electrons. The number of benzene rings is 2. The van der Waals surface area contributed by atoms with Crippen molar-refractivity contribution in [3.8, 4) is 5.75 Å². The monoisotopic (exact) mass is 234 g/mol. The number of aryl methyl sites for hydroxylation is 1. The molecule has 2 aromatic carbocycles. The zero-order valence-electron chi connectivity index (χ0n) is 9.41. The van der Waals surface area contributed by atoms with Crippen LogP contribution < -0.4 is 4.74 Å². The summed E-state index contributed by atoms with van der Waals surface area (Å²) in [5, 5.41) is 0. The summed E-state index contributed by atoms with van der Waals surface area (Å²) < 4.78 is 31.6. The van der Waals surface area contributed by atoms with Gasteiger partial charge in [0, 0.05) is 5.56 Å². The smallest absolute Gasteiger partial charge is 0.129 e. The molecule has 0 aliphatic heterocycles. The number of halogens is 2. The van der Waals surface area contributed by atoms with Crippen molar-refractivity contribution in [3.05, 3.63) is 65.2 Å². The average molecular weight is 234 g/mol. The van der Waals surface area contributed by atoms with Crippen molar-refractivity contribution < 1.29 is 13.5 Å².